The maximum atomic E-state index is 5.32. The molecule has 8 rings (SSSR count). The molecule has 53 heavy (non-hydrogen) atoms. The molecule has 0 amide bonds. The van der Waals surface area contributed by atoms with E-state index in [9.17, 15) is 0 Å². The Morgan fingerprint density at radius 1 is 0.566 bits per heavy atom. The van der Waals surface area contributed by atoms with Gasteiger partial charge in [0.25, 0.3) is 0 Å². The Morgan fingerprint density at radius 2 is 1.11 bits per heavy atom. The summed E-state index contributed by atoms with van der Waals surface area (Å²) in [5.41, 5.74) is 11.5. The lowest BCUT2D eigenvalue weighted by Crippen LogP contribution is -2.29. The zero-order valence-electron chi connectivity index (χ0n) is 29.9. The van der Waals surface area contributed by atoms with Gasteiger partial charge in [-0.15, -0.1) is 17.9 Å². The topological polar surface area (TPSA) is 19.4 Å². The van der Waals surface area contributed by atoms with E-state index >= 15 is 0 Å². The Hall–Kier alpha value is -5.97. The molecule has 6 aromatic carbocycles. The number of hydrogen-bond acceptors (Lipinski definition) is 4. The number of rotatable bonds is 10. The lowest BCUT2D eigenvalue weighted by atomic mass is 9.98. The van der Waals surface area contributed by atoms with Crippen LogP contribution in [-0.2, 0) is 0 Å². The average Bonchev–Trinajstić information content (AvgIpc) is 3.72. The summed E-state index contributed by atoms with van der Waals surface area (Å²) >= 11 is 1.77. The molecular formula is C49H43N3S. The van der Waals surface area contributed by atoms with Crippen molar-refractivity contribution in [1.82, 2.24) is 4.98 Å². The van der Waals surface area contributed by atoms with E-state index in [2.05, 4.69) is 192 Å². The van der Waals surface area contributed by atoms with E-state index in [1.165, 1.54) is 27.2 Å². The molecule has 0 fully saturated rings. The third-order valence-electron chi connectivity index (χ3n) is 9.91. The number of thiazole rings is 1. The second-order valence-electron chi connectivity index (χ2n) is 13.4. The summed E-state index contributed by atoms with van der Waals surface area (Å²) in [6.45, 7) is 4.74. The van der Waals surface area contributed by atoms with Gasteiger partial charge in [0.15, 0.2) is 0 Å². The second kappa shape index (κ2) is 16.1. The van der Waals surface area contributed by atoms with Crippen LogP contribution in [0.1, 0.15) is 25.7 Å². The van der Waals surface area contributed by atoms with E-state index in [-0.39, 0.29) is 6.04 Å². The molecule has 1 aliphatic rings. The minimum absolute atomic E-state index is 0.273. The molecule has 0 saturated heterocycles. The molecule has 0 saturated carbocycles. The van der Waals surface area contributed by atoms with E-state index < -0.39 is 0 Å². The summed E-state index contributed by atoms with van der Waals surface area (Å²) in [4.78, 5) is 10.1. The summed E-state index contributed by atoms with van der Waals surface area (Å²) in [7, 11) is 0. The van der Waals surface area contributed by atoms with Crippen molar-refractivity contribution in [3.8, 4) is 32.8 Å². The highest BCUT2D eigenvalue weighted by Crippen LogP contribution is 2.43. The molecular weight excluding hydrogens is 663 g/mol. The molecule has 260 valence electrons. The van der Waals surface area contributed by atoms with Crippen molar-refractivity contribution >= 4 is 44.3 Å². The highest BCUT2D eigenvalue weighted by molar-refractivity contribution is 7.22. The Morgan fingerprint density at radius 3 is 1.81 bits per heavy atom. The monoisotopic (exact) mass is 705 g/mol. The Balaban J connectivity index is 1.18. The zero-order chi connectivity index (χ0) is 35.8. The fraction of sp³-hybridized carbons (Fsp3) is 0.122. The van der Waals surface area contributed by atoms with Crippen molar-refractivity contribution in [2.24, 2.45) is 0 Å². The van der Waals surface area contributed by atoms with Gasteiger partial charge in [-0.3, -0.25) is 0 Å². The molecule has 1 aromatic heterocycles. The van der Waals surface area contributed by atoms with Crippen LogP contribution in [0.25, 0.3) is 43.0 Å². The minimum Gasteiger partial charge on any atom is -0.338 e. The number of anilines is 4. The molecule has 1 heterocycles. The van der Waals surface area contributed by atoms with Gasteiger partial charge in [0.2, 0.25) is 0 Å². The lowest BCUT2D eigenvalue weighted by Gasteiger charge is -2.32. The number of benzene rings is 6. The van der Waals surface area contributed by atoms with Crippen molar-refractivity contribution in [3.63, 3.8) is 0 Å². The number of nitrogens with zero attached hydrogens (tertiary/aromatic N) is 3. The molecule has 0 N–H and O–H groups in total. The molecule has 7 aromatic rings. The molecule has 1 atom stereocenters. The standard InChI is InChI=1S/C49H43N3S/c1-2-36-51(40-20-14-8-15-21-40)41-30-26-37(27-31-41)45-34-35-46(48-47(45)50-49(53-48)39-18-10-7-11-19-39)38-28-32-44(33-29-38)52(43-24-16-9-17-25-43)42-22-12-5-3-4-6-13-23-42/h2-3,5,7-11,13-21,23-35,42H,1,4,6,12,22,36H2/b5-3-,23-13-. The fourth-order valence-corrected chi connectivity index (χ4v) is 8.40. The number of aromatic nitrogens is 1. The first-order valence-corrected chi connectivity index (χ1v) is 19.4. The smallest absolute Gasteiger partial charge is 0.124 e. The predicted molar refractivity (Wildman–Crippen MR) is 229 cm³/mol. The molecule has 0 aliphatic heterocycles. The van der Waals surface area contributed by atoms with Gasteiger partial charge in [0.1, 0.15) is 5.01 Å². The first-order valence-electron chi connectivity index (χ1n) is 18.6. The van der Waals surface area contributed by atoms with Gasteiger partial charge in [-0.25, -0.2) is 4.98 Å². The van der Waals surface area contributed by atoms with Crippen LogP contribution >= 0.6 is 11.3 Å². The van der Waals surface area contributed by atoms with Gasteiger partial charge >= 0.3 is 0 Å². The Labute approximate surface area is 317 Å². The van der Waals surface area contributed by atoms with Crippen molar-refractivity contribution < 1.29 is 0 Å². The summed E-state index contributed by atoms with van der Waals surface area (Å²) < 4.78 is 1.20. The van der Waals surface area contributed by atoms with Gasteiger partial charge in [0, 0.05) is 46.0 Å². The molecule has 1 unspecified atom stereocenters. The van der Waals surface area contributed by atoms with Gasteiger partial charge in [-0.05, 0) is 85.3 Å². The fourth-order valence-electron chi connectivity index (χ4n) is 7.27. The number of hydrogen-bond donors (Lipinski definition) is 0. The average molecular weight is 706 g/mol. The third kappa shape index (κ3) is 7.51. The maximum Gasteiger partial charge on any atom is 0.124 e. The van der Waals surface area contributed by atoms with E-state index in [1.807, 2.05) is 6.08 Å². The van der Waals surface area contributed by atoms with E-state index in [0.717, 1.165) is 70.8 Å². The summed E-state index contributed by atoms with van der Waals surface area (Å²) in [5.74, 6) is 0. The largest absolute Gasteiger partial charge is 0.338 e. The summed E-state index contributed by atoms with van der Waals surface area (Å²) in [5, 5.41) is 1.03. The first kappa shape index (κ1) is 34.1. The van der Waals surface area contributed by atoms with Gasteiger partial charge in [-0.2, -0.15) is 0 Å². The van der Waals surface area contributed by atoms with Gasteiger partial charge in [0.05, 0.1) is 16.3 Å². The lowest BCUT2D eigenvalue weighted by molar-refractivity contribution is 0.709. The quantitative estimate of drug-likeness (QED) is 0.132. The van der Waals surface area contributed by atoms with Crippen LogP contribution in [0.2, 0.25) is 0 Å². The Kier molecular flexibility index (Phi) is 10.4. The van der Waals surface area contributed by atoms with E-state index in [0.29, 0.717) is 0 Å². The molecule has 3 nitrogen and oxygen atoms in total. The summed E-state index contributed by atoms with van der Waals surface area (Å²) in [6, 6.07) is 54.6. The van der Waals surface area contributed by atoms with Crippen LogP contribution in [0.15, 0.2) is 189 Å². The van der Waals surface area contributed by atoms with Crippen LogP contribution in [0, 0.1) is 0 Å². The SMILES string of the molecule is C=CCN(c1ccccc1)c1ccc(-c2ccc(-c3ccc(N(c4ccccc4)C4/C=C\CC/C=C\CC4)cc3)c3sc(-c4ccccc4)nc23)cc1. The van der Waals surface area contributed by atoms with Crippen LogP contribution < -0.4 is 9.80 Å². The zero-order valence-corrected chi connectivity index (χ0v) is 30.7. The van der Waals surface area contributed by atoms with E-state index in [1.54, 1.807) is 11.3 Å². The van der Waals surface area contributed by atoms with Crippen LogP contribution in [-0.4, -0.2) is 17.6 Å². The maximum absolute atomic E-state index is 5.32. The summed E-state index contributed by atoms with van der Waals surface area (Å²) in [6.07, 6.45) is 15.7. The molecule has 0 spiro atoms. The Bertz CT molecular complexity index is 2320. The van der Waals surface area contributed by atoms with Crippen LogP contribution in [0.5, 0.6) is 0 Å². The van der Waals surface area contributed by atoms with Gasteiger partial charge in [-0.1, -0.05) is 134 Å². The van der Waals surface area contributed by atoms with E-state index in [4.69, 9.17) is 4.98 Å². The third-order valence-corrected chi connectivity index (χ3v) is 11.0. The van der Waals surface area contributed by atoms with Crippen LogP contribution in [0.4, 0.5) is 22.7 Å². The number of fused-ring (bicyclic) bond motifs is 1. The number of para-hydroxylation sites is 2. The highest BCUT2D eigenvalue weighted by Gasteiger charge is 2.20. The van der Waals surface area contributed by atoms with Crippen LogP contribution in [0.3, 0.4) is 0 Å². The van der Waals surface area contributed by atoms with Crippen molar-refractivity contribution in [1.29, 1.82) is 0 Å². The number of allylic oxidation sites excluding steroid dienone is 3. The minimum atomic E-state index is 0.273. The normalized spacial score (nSPS) is 15.5. The van der Waals surface area contributed by atoms with Crippen molar-refractivity contribution in [2.75, 3.05) is 16.3 Å². The van der Waals surface area contributed by atoms with Gasteiger partial charge < -0.3 is 9.80 Å². The first-order chi connectivity index (χ1) is 26.3. The van der Waals surface area contributed by atoms with Crippen molar-refractivity contribution in [2.45, 2.75) is 31.7 Å². The molecule has 1 aliphatic carbocycles. The second-order valence-corrected chi connectivity index (χ2v) is 14.4. The predicted octanol–water partition coefficient (Wildman–Crippen LogP) is 13.8. The molecule has 0 bridgehead atoms. The van der Waals surface area contributed by atoms with Crippen molar-refractivity contribution in [3.05, 3.63) is 189 Å². The molecule has 4 heteroatoms. The highest BCUT2D eigenvalue weighted by atomic mass is 32.1. The molecule has 0 radical (unpaired) electrons.